The molecule has 0 aliphatic carbocycles. The molecule has 0 atom stereocenters. The van der Waals surface area contributed by atoms with Crippen LogP contribution in [0.25, 0.3) is 0 Å². The van der Waals surface area contributed by atoms with Gasteiger partial charge in [0.1, 0.15) is 11.0 Å². The smallest absolute Gasteiger partial charge is 0.132 e. The lowest BCUT2D eigenvalue weighted by Crippen LogP contribution is -2.03. The van der Waals surface area contributed by atoms with E-state index < -0.39 is 0 Å². The van der Waals surface area contributed by atoms with Crippen molar-refractivity contribution >= 4 is 17.4 Å². The molecule has 0 unspecified atom stereocenters. The molecule has 2 heterocycles. The molecule has 2 rings (SSSR count). The first-order chi connectivity index (χ1) is 8.69. The molecule has 1 N–H and O–H groups in total. The summed E-state index contributed by atoms with van der Waals surface area (Å²) in [6, 6.07) is 7.19. The fourth-order valence-corrected chi connectivity index (χ4v) is 1.75. The Kier molecular flexibility index (Phi) is 3.75. The van der Waals surface area contributed by atoms with Crippen molar-refractivity contribution in [2.75, 3.05) is 5.32 Å². The van der Waals surface area contributed by atoms with E-state index in [0.717, 1.165) is 11.1 Å². The molecule has 2 aromatic rings. The van der Waals surface area contributed by atoms with Crippen LogP contribution in [0.2, 0.25) is 5.15 Å². The lowest BCUT2D eigenvalue weighted by atomic mass is 10.1. The number of nitrogens with one attached hydrogen (secondary N) is 1. The van der Waals surface area contributed by atoms with Crippen LogP contribution in [-0.4, -0.2) is 9.97 Å². The van der Waals surface area contributed by atoms with E-state index in [1.54, 1.807) is 12.3 Å². The average molecular weight is 259 g/mol. The molecule has 0 fully saturated rings. The lowest BCUT2D eigenvalue weighted by Gasteiger charge is -2.08. The number of halogens is 1. The molecule has 0 spiro atoms. The van der Waals surface area contributed by atoms with Gasteiger partial charge in [-0.2, -0.15) is 5.26 Å². The van der Waals surface area contributed by atoms with Crippen molar-refractivity contribution in [2.24, 2.45) is 0 Å². The van der Waals surface area contributed by atoms with Crippen LogP contribution in [-0.2, 0) is 6.54 Å². The Morgan fingerprint density at radius 3 is 3.00 bits per heavy atom. The molecule has 0 saturated carbocycles. The highest BCUT2D eigenvalue weighted by atomic mass is 35.5. The first kappa shape index (κ1) is 12.3. The molecule has 0 radical (unpaired) electrons. The standard InChI is InChI=1S/C13H11ClN4/c1-9-7-16-3-2-11(9)8-17-13-5-10(6-15)4-12(14)18-13/h2-5,7H,8H2,1H3,(H,17,18). The first-order valence-corrected chi connectivity index (χ1v) is 5.78. The minimum absolute atomic E-state index is 0.308. The number of nitrogens with zero attached hydrogens (tertiary/aromatic N) is 3. The molecule has 4 nitrogen and oxygen atoms in total. The highest BCUT2D eigenvalue weighted by Crippen LogP contribution is 2.15. The van der Waals surface area contributed by atoms with Crippen LogP contribution in [0.3, 0.4) is 0 Å². The SMILES string of the molecule is Cc1cnccc1CNc1cc(C#N)cc(Cl)n1. The maximum atomic E-state index is 8.84. The van der Waals surface area contributed by atoms with E-state index in [-0.39, 0.29) is 0 Å². The van der Waals surface area contributed by atoms with Gasteiger partial charge in [0, 0.05) is 18.9 Å². The molecule has 0 saturated heterocycles. The van der Waals surface area contributed by atoms with Gasteiger partial charge in [-0.1, -0.05) is 11.6 Å². The summed E-state index contributed by atoms with van der Waals surface area (Å²) in [5, 5.41) is 12.3. The van der Waals surface area contributed by atoms with Crippen LogP contribution in [0.4, 0.5) is 5.82 Å². The third-order valence-corrected chi connectivity index (χ3v) is 2.71. The van der Waals surface area contributed by atoms with Gasteiger partial charge in [-0.05, 0) is 36.2 Å². The second-order valence-electron chi connectivity index (χ2n) is 3.83. The summed E-state index contributed by atoms with van der Waals surface area (Å²) in [6.07, 6.45) is 3.55. The fraction of sp³-hybridized carbons (Fsp3) is 0.154. The quantitative estimate of drug-likeness (QED) is 0.860. The third kappa shape index (κ3) is 2.96. The zero-order valence-electron chi connectivity index (χ0n) is 9.81. The van der Waals surface area contributed by atoms with Crippen LogP contribution in [0.15, 0.2) is 30.6 Å². The van der Waals surface area contributed by atoms with E-state index in [2.05, 4.69) is 15.3 Å². The molecule has 5 heteroatoms. The fourth-order valence-electron chi connectivity index (χ4n) is 1.54. The highest BCUT2D eigenvalue weighted by Gasteiger charge is 2.02. The number of anilines is 1. The molecule has 0 aromatic carbocycles. The topological polar surface area (TPSA) is 61.6 Å². The Balaban J connectivity index is 2.14. The third-order valence-electron chi connectivity index (χ3n) is 2.52. The van der Waals surface area contributed by atoms with E-state index in [1.807, 2.05) is 25.3 Å². The Morgan fingerprint density at radius 2 is 2.28 bits per heavy atom. The Bertz CT molecular complexity index is 604. The number of nitriles is 1. The molecule has 18 heavy (non-hydrogen) atoms. The second-order valence-corrected chi connectivity index (χ2v) is 4.22. The zero-order chi connectivity index (χ0) is 13.0. The van der Waals surface area contributed by atoms with E-state index in [0.29, 0.717) is 23.1 Å². The average Bonchev–Trinajstić information content (AvgIpc) is 2.37. The lowest BCUT2D eigenvalue weighted by molar-refractivity contribution is 1.07. The molecular formula is C13H11ClN4. The molecule has 0 aliphatic heterocycles. The van der Waals surface area contributed by atoms with Gasteiger partial charge in [-0.15, -0.1) is 0 Å². The normalized spacial score (nSPS) is 9.83. The maximum Gasteiger partial charge on any atom is 0.132 e. The second kappa shape index (κ2) is 5.48. The van der Waals surface area contributed by atoms with Crippen molar-refractivity contribution in [2.45, 2.75) is 13.5 Å². The zero-order valence-corrected chi connectivity index (χ0v) is 10.6. The van der Waals surface area contributed by atoms with Crippen LogP contribution in [0.5, 0.6) is 0 Å². The van der Waals surface area contributed by atoms with Crippen LogP contribution < -0.4 is 5.32 Å². The van der Waals surface area contributed by atoms with E-state index in [9.17, 15) is 0 Å². The maximum absolute atomic E-state index is 8.84. The van der Waals surface area contributed by atoms with Gasteiger partial charge in [0.2, 0.25) is 0 Å². The first-order valence-electron chi connectivity index (χ1n) is 5.40. The van der Waals surface area contributed by atoms with Gasteiger partial charge >= 0.3 is 0 Å². The summed E-state index contributed by atoms with van der Waals surface area (Å²) in [6.45, 7) is 2.61. The predicted octanol–water partition coefficient (Wildman–Crippen LogP) is 2.92. The van der Waals surface area contributed by atoms with Crippen molar-refractivity contribution in [3.8, 4) is 6.07 Å². The number of aryl methyl sites for hydroxylation is 1. The predicted molar refractivity (Wildman–Crippen MR) is 70.3 cm³/mol. The highest BCUT2D eigenvalue weighted by molar-refractivity contribution is 6.29. The van der Waals surface area contributed by atoms with Crippen LogP contribution in [0.1, 0.15) is 16.7 Å². The van der Waals surface area contributed by atoms with Gasteiger partial charge in [0.15, 0.2) is 0 Å². The van der Waals surface area contributed by atoms with E-state index in [1.165, 1.54) is 6.07 Å². The summed E-state index contributed by atoms with van der Waals surface area (Å²) in [7, 11) is 0. The summed E-state index contributed by atoms with van der Waals surface area (Å²) >= 11 is 5.83. The molecule has 0 bridgehead atoms. The van der Waals surface area contributed by atoms with Crippen molar-refractivity contribution in [1.29, 1.82) is 5.26 Å². The van der Waals surface area contributed by atoms with Gasteiger partial charge in [-0.3, -0.25) is 4.98 Å². The van der Waals surface area contributed by atoms with Gasteiger partial charge in [0.05, 0.1) is 11.6 Å². The summed E-state index contributed by atoms with van der Waals surface area (Å²) in [5.74, 6) is 0.593. The minimum Gasteiger partial charge on any atom is -0.366 e. The summed E-state index contributed by atoms with van der Waals surface area (Å²) in [5.41, 5.74) is 2.72. The Morgan fingerprint density at radius 1 is 1.44 bits per heavy atom. The van der Waals surface area contributed by atoms with Gasteiger partial charge in [-0.25, -0.2) is 4.98 Å². The molecule has 0 amide bonds. The number of hydrogen-bond donors (Lipinski definition) is 1. The molecule has 2 aromatic heterocycles. The van der Waals surface area contributed by atoms with Crippen molar-refractivity contribution in [1.82, 2.24) is 9.97 Å². The van der Waals surface area contributed by atoms with E-state index in [4.69, 9.17) is 16.9 Å². The number of rotatable bonds is 3. The summed E-state index contributed by atoms with van der Waals surface area (Å²) in [4.78, 5) is 8.15. The van der Waals surface area contributed by atoms with E-state index >= 15 is 0 Å². The van der Waals surface area contributed by atoms with Crippen LogP contribution >= 0.6 is 11.6 Å². The van der Waals surface area contributed by atoms with Crippen molar-refractivity contribution < 1.29 is 0 Å². The molecule has 90 valence electrons. The number of hydrogen-bond acceptors (Lipinski definition) is 4. The summed E-state index contributed by atoms with van der Waals surface area (Å²) < 4.78 is 0. The minimum atomic E-state index is 0.308. The van der Waals surface area contributed by atoms with Crippen LogP contribution in [0, 0.1) is 18.3 Å². The Labute approximate surface area is 110 Å². The van der Waals surface area contributed by atoms with Gasteiger partial charge in [0.25, 0.3) is 0 Å². The van der Waals surface area contributed by atoms with Crippen molar-refractivity contribution in [3.05, 3.63) is 52.4 Å². The van der Waals surface area contributed by atoms with Crippen molar-refractivity contribution in [3.63, 3.8) is 0 Å². The number of aromatic nitrogens is 2. The monoisotopic (exact) mass is 258 g/mol. The largest absolute Gasteiger partial charge is 0.366 e. The molecule has 0 aliphatic rings. The Hall–Kier alpha value is -2.12. The number of pyridine rings is 2. The van der Waals surface area contributed by atoms with Gasteiger partial charge < -0.3 is 5.32 Å². The molecular weight excluding hydrogens is 248 g/mol.